The van der Waals surface area contributed by atoms with Gasteiger partial charge in [0.25, 0.3) is 0 Å². The molecule has 1 aromatic rings. The maximum absolute atomic E-state index is 3.54. The Kier molecular flexibility index (Phi) is 5.65. The Bertz CT molecular complexity index is 435. The minimum atomic E-state index is 0.511. The van der Waals surface area contributed by atoms with Gasteiger partial charge in [-0.2, -0.15) is 11.8 Å². The molecular formula is C19H29NS. The molecule has 2 aliphatic rings. The highest BCUT2D eigenvalue weighted by Gasteiger charge is 2.21. The Labute approximate surface area is 134 Å². The molecule has 0 aromatic heterocycles. The molecule has 2 aliphatic carbocycles. The van der Waals surface area contributed by atoms with Gasteiger partial charge in [-0.15, -0.1) is 0 Å². The van der Waals surface area contributed by atoms with Crippen LogP contribution in [0.3, 0.4) is 0 Å². The summed E-state index contributed by atoms with van der Waals surface area (Å²) >= 11 is 2.20. The molecule has 3 rings (SSSR count). The number of thioether (sulfide) groups is 1. The molecule has 0 amide bonds. The van der Waals surface area contributed by atoms with Crippen molar-refractivity contribution in [3.8, 4) is 0 Å². The van der Waals surface area contributed by atoms with Crippen LogP contribution in [-0.4, -0.2) is 18.1 Å². The van der Waals surface area contributed by atoms with Crippen LogP contribution in [0.5, 0.6) is 0 Å². The summed E-state index contributed by atoms with van der Waals surface area (Å²) in [5, 5.41) is 4.45. The number of benzene rings is 1. The van der Waals surface area contributed by atoms with Crippen molar-refractivity contribution >= 4 is 11.8 Å². The van der Waals surface area contributed by atoms with E-state index in [1.807, 2.05) is 0 Å². The fourth-order valence-corrected chi connectivity index (χ4v) is 5.07. The Morgan fingerprint density at radius 1 is 1.10 bits per heavy atom. The van der Waals surface area contributed by atoms with E-state index in [1.165, 1.54) is 62.7 Å². The minimum absolute atomic E-state index is 0.511. The highest BCUT2D eigenvalue weighted by atomic mass is 32.2. The maximum atomic E-state index is 3.54. The minimum Gasteiger partial charge on any atom is -0.312 e. The SMILES string of the molecule is CNC(CSC1CCCCC1)c1cccc(C2CCC2)c1. The van der Waals surface area contributed by atoms with E-state index in [9.17, 15) is 0 Å². The maximum Gasteiger partial charge on any atom is 0.0409 e. The molecule has 2 fully saturated rings. The van der Waals surface area contributed by atoms with E-state index in [0.717, 1.165) is 11.2 Å². The second-order valence-corrected chi connectivity index (χ2v) is 8.07. The molecule has 1 unspecified atom stereocenters. The summed E-state index contributed by atoms with van der Waals surface area (Å²) in [6.07, 6.45) is 11.4. The lowest BCUT2D eigenvalue weighted by atomic mass is 9.79. The molecule has 0 radical (unpaired) electrons. The summed E-state index contributed by atoms with van der Waals surface area (Å²) in [6.45, 7) is 0. The van der Waals surface area contributed by atoms with Crippen LogP contribution in [0.25, 0.3) is 0 Å². The second kappa shape index (κ2) is 7.69. The molecule has 2 heteroatoms. The first kappa shape index (κ1) is 15.4. The highest BCUT2D eigenvalue weighted by molar-refractivity contribution is 7.99. The average Bonchev–Trinajstić information content (AvgIpc) is 2.48. The van der Waals surface area contributed by atoms with Crippen molar-refractivity contribution in [1.82, 2.24) is 5.32 Å². The molecule has 0 spiro atoms. The Balaban J connectivity index is 1.59. The summed E-state index contributed by atoms with van der Waals surface area (Å²) in [6, 6.07) is 9.88. The smallest absolute Gasteiger partial charge is 0.0409 e. The largest absolute Gasteiger partial charge is 0.312 e. The van der Waals surface area contributed by atoms with Gasteiger partial charge in [-0.3, -0.25) is 0 Å². The lowest BCUT2D eigenvalue weighted by Crippen LogP contribution is -2.21. The first-order chi connectivity index (χ1) is 10.4. The summed E-state index contributed by atoms with van der Waals surface area (Å²) in [4.78, 5) is 0. The Morgan fingerprint density at radius 2 is 1.90 bits per heavy atom. The number of rotatable bonds is 6. The third-order valence-electron chi connectivity index (χ3n) is 5.29. The highest BCUT2D eigenvalue weighted by Crippen LogP contribution is 2.37. The molecule has 116 valence electrons. The first-order valence-electron chi connectivity index (χ1n) is 8.75. The van der Waals surface area contributed by atoms with Gasteiger partial charge in [0.15, 0.2) is 0 Å². The van der Waals surface area contributed by atoms with Gasteiger partial charge in [-0.1, -0.05) is 49.9 Å². The van der Waals surface area contributed by atoms with Crippen LogP contribution in [0.2, 0.25) is 0 Å². The van der Waals surface area contributed by atoms with Crippen LogP contribution in [0.4, 0.5) is 0 Å². The molecular weight excluding hydrogens is 274 g/mol. The van der Waals surface area contributed by atoms with Gasteiger partial charge >= 0.3 is 0 Å². The predicted molar refractivity (Wildman–Crippen MR) is 94.2 cm³/mol. The topological polar surface area (TPSA) is 12.0 Å². The molecule has 2 saturated carbocycles. The van der Waals surface area contributed by atoms with Crippen LogP contribution < -0.4 is 5.32 Å². The normalized spacial score (nSPS) is 22.0. The standard InChI is InChI=1S/C19H29NS/c1-20-19(14-21-18-11-3-2-4-12-18)17-10-6-9-16(13-17)15-7-5-8-15/h6,9-10,13,15,18-20H,2-5,7-8,11-12,14H2,1H3. The average molecular weight is 304 g/mol. The van der Waals surface area contributed by atoms with Crippen molar-refractivity contribution in [1.29, 1.82) is 0 Å². The molecule has 1 aromatic carbocycles. The van der Waals surface area contributed by atoms with Crippen LogP contribution >= 0.6 is 11.8 Å². The van der Waals surface area contributed by atoms with Crippen molar-refractivity contribution in [2.75, 3.05) is 12.8 Å². The number of hydrogen-bond acceptors (Lipinski definition) is 2. The van der Waals surface area contributed by atoms with E-state index in [4.69, 9.17) is 0 Å². The lowest BCUT2D eigenvalue weighted by Gasteiger charge is -2.28. The fraction of sp³-hybridized carbons (Fsp3) is 0.684. The fourth-order valence-electron chi connectivity index (χ4n) is 3.58. The molecule has 21 heavy (non-hydrogen) atoms. The summed E-state index contributed by atoms with van der Waals surface area (Å²) < 4.78 is 0. The molecule has 0 saturated heterocycles. The Morgan fingerprint density at radius 3 is 2.57 bits per heavy atom. The van der Waals surface area contributed by atoms with Gasteiger partial charge in [-0.25, -0.2) is 0 Å². The molecule has 0 aliphatic heterocycles. The predicted octanol–water partition coefficient (Wildman–Crippen LogP) is 5.28. The second-order valence-electron chi connectivity index (χ2n) is 6.73. The van der Waals surface area contributed by atoms with E-state index in [-0.39, 0.29) is 0 Å². The third-order valence-corrected chi connectivity index (χ3v) is 6.76. The lowest BCUT2D eigenvalue weighted by molar-refractivity contribution is 0.419. The van der Waals surface area contributed by atoms with Crippen LogP contribution in [0.1, 0.15) is 74.5 Å². The molecule has 1 N–H and O–H groups in total. The number of nitrogens with one attached hydrogen (secondary N) is 1. The van der Waals surface area contributed by atoms with Gasteiger partial charge in [0.05, 0.1) is 0 Å². The van der Waals surface area contributed by atoms with Gasteiger partial charge in [0.1, 0.15) is 0 Å². The molecule has 0 bridgehead atoms. The van der Waals surface area contributed by atoms with E-state index in [0.29, 0.717) is 6.04 Å². The van der Waals surface area contributed by atoms with Crippen LogP contribution in [0, 0.1) is 0 Å². The van der Waals surface area contributed by atoms with Crippen molar-refractivity contribution in [3.05, 3.63) is 35.4 Å². The first-order valence-corrected chi connectivity index (χ1v) is 9.80. The zero-order valence-electron chi connectivity index (χ0n) is 13.3. The monoisotopic (exact) mass is 303 g/mol. The summed E-state index contributed by atoms with van der Waals surface area (Å²) in [7, 11) is 2.11. The van der Waals surface area contributed by atoms with Crippen LogP contribution in [-0.2, 0) is 0 Å². The van der Waals surface area contributed by atoms with Crippen molar-refractivity contribution in [2.45, 2.75) is 68.6 Å². The van der Waals surface area contributed by atoms with Crippen molar-refractivity contribution in [2.24, 2.45) is 0 Å². The van der Waals surface area contributed by atoms with Gasteiger partial charge in [0.2, 0.25) is 0 Å². The zero-order chi connectivity index (χ0) is 14.5. The quantitative estimate of drug-likeness (QED) is 0.767. The summed E-state index contributed by atoms with van der Waals surface area (Å²) in [5.41, 5.74) is 3.06. The van der Waals surface area contributed by atoms with E-state index in [1.54, 1.807) is 5.56 Å². The molecule has 1 atom stereocenters. The summed E-state index contributed by atoms with van der Waals surface area (Å²) in [5.74, 6) is 2.06. The molecule has 0 heterocycles. The van der Waals surface area contributed by atoms with Crippen molar-refractivity contribution < 1.29 is 0 Å². The third kappa shape index (κ3) is 4.04. The molecule has 1 nitrogen and oxygen atoms in total. The van der Waals surface area contributed by atoms with E-state index >= 15 is 0 Å². The van der Waals surface area contributed by atoms with Gasteiger partial charge in [0, 0.05) is 17.0 Å². The van der Waals surface area contributed by atoms with Gasteiger partial charge < -0.3 is 5.32 Å². The zero-order valence-corrected chi connectivity index (χ0v) is 14.1. The van der Waals surface area contributed by atoms with Gasteiger partial charge in [-0.05, 0) is 49.8 Å². The van der Waals surface area contributed by atoms with E-state index < -0.39 is 0 Å². The Hall–Kier alpha value is -0.470. The van der Waals surface area contributed by atoms with E-state index in [2.05, 4.69) is 48.4 Å². The van der Waals surface area contributed by atoms with Crippen LogP contribution in [0.15, 0.2) is 24.3 Å². The number of hydrogen-bond donors (Lipinski definition) is 1. The van der Waals surface area contributed by atoms with Crippen molar-refractivity contribution in [3.63, 3.8) is 0 Å².